The van der Waals surface area contributed by atoms with Gasteiger partial charge in [-0.3, -0.25) is 0 Å². The highest BCUT2D eigenvalue weighted by Gasteiger charge is 2.47. The summed E-state index contributed by atoms with van der Waals surface area (Å²) in [5.74, 6) is 4.09. The molecule has 2 rings (SSSR count). The van der Waals surface area contributed by atoms with Crippen LogP contribution in [-0.4, -0.2) is 11.2 Å². The fraction of sp³-hybridized carbons (Fsp3) is 0.920. The van der Waals surface area contributed by atoms with E-state index in [0.717, 1.165) is 42.4 Å². The van der Waals surface area contributed by atoms with Crippen molar-refractivity contribution in [1.82, 2.24) is 0 Å². The molecule has 6 atom stereocenters. The van der Waals surface area contributed by atoms with E-state index >= 15 is 0 Å². The molecular formula is C25H48O. The van der Waals surface area contributed by atoms with Crippen molar-refractivity contribution in [3.63, 3.8) is 0 Å². The van der Waals surface area contributed by atoms with E-state index in [1.54, 1.807) is 5.57 Å². The normalized spacial score (nSPS) is 33.6. The van der Waals surface area contributed by atoms with Crippen LogP contribution >= 0.6 is 0 Å². The van der Waals surface area contributed by atoms with E-state index in [1.165, 1.54) is 38.5 Å². The Morgan fingerprint density at radius 2 is 1.81 bits per heavy atom. The molecule has 26 heavy (non-hydrogen) atoms. The minimum atomic E-state index is -0.0934. The van der Waals surface area contributed by atoms with Gasteiger partial charge in [0.1, 0.15) is 0 Å². The van der Waals surface area contributed by atoms with Gasteiger partial charge in [0.05, 0.1) is 6.10 Å². The monoisotopic (exact) mass is 364 g/mol. The summed E-state index contributed by atoms with van der Waals surface area (Å²) in [4.78, 5) is 0. The molecule has 1 saturated carbocycles. The molecule has 0 amide bonds. The maximum atomic E-state index is 10.2. The van der Waals surface area contributed by atoms with Crippen molar-refractivity contribution in [3.05, 3.63) is 11.6 Å². The van der Waals surface area contributed by atoms with Gasteiger partial charge in [-0.2, -0.15) is 0 Å². The zero-order valence-electron chi connectivity index (χ0n) is 19.1. The topological polar surface area (TPSA) is 20.2 Å². The van der Waals surface area contributed by atoms with Crippen LogP contribution in [0.5, 0.6) is 0 Å². The van der Waals surface area contributed by atoms with E-state index in [4.69, 9.17) is 0 Å². The number of hydrogen-bond acceptors (Lipinski definition) is 1. The highest BCUT2D eigenvalue weighted by atomic mass is 16.3. The van der Waals surface area contributed by atoms with Crippen LogP contribution in [0.2, 0.25) is 0 Å². The van der Waals surface area contributed by atoms with Crippen LogP contribution < -0.4 is 0 Å². The first-order valence-corrected chi connectivity index (χ1v) is 11.7. The summed E-state index contributed by atoms with van der Waals surface area (Å²) >= 11 is 0. The predicted molar refractivity (Wildman–Crippen MR) is 116 cm³/mol. The van der Waals surface area contributed by atoms with E-state index in [2.05, 4.69) is 47.6 Å². The minimum Gasteiger partial charge on any atom is -0.393 e. The Morgan fingerprint density at radius 3 is 2.38 bits per heavy atom. The third kappa shape index (κ3) is 5.60. The molecule has 1 heteroatoms. The van der Waals surface area contributed by atoms with E-state index in [1.807, 2.05) is 13.8 Å². The first-order chi connectivity index (χ1) is 12.3. The van der Waals surface area contributed by atoms with Gasteiger partial charge in [-0.15, -0.1) is 0 Å². The molecule has 6 unspecified atom stereocenters. The fourth-order valence-electron chi connectivity index (χ4n) is 5.48. The van der Waals surface area contributed by atoms with Gasteiger partial charge < -0.3 is 5.11 Å². The van der Waals surface area contributed by atoms with Gasteiger partial charge in [-0.25, -0.2) is 0 Å². The SMILES string of the molecule is CC.CCCC(C)C1CC=C2CC(O)CCC2(C)C1CCC(C)C(C)C. The highest BCUT2D eigenvalue weighted by molar-refractivity contribution is 5.23. The molecule has 0 radical (unpaired) electrons. The Hall–Kier alpha value is -0.300. The van der Waals surface area contributed by atoms with Crippen molar-refractivity contribution in [1.29, 1.82) is 0 Å². The van der Waals surface area contributed by atoms with Crippen LogP contribution in [0.25, 0.3) is 0 Å². The second-order valence-electron chi connectivity index (χ2n) is 9.61. The molecule has 2 aliphatic carbocycles. The Bertz CT molecular complexity index is 424. The first kappa shape index (κ1) is 23.7. The number of aliphatic hydroxyl groups is 1. The van der Waals surface area contributed by atoms with Gasteiger partial charge in [0.15, 0.2) is 0 Å². The van der Waals surface area contributed by atoms with Crippen molar-refractivity contribution >= 4 is 0 Å². The standard InChI is InChI=1S/C23H42O.C2H6/c1-7-8-18(5)21-11-10-19-15-20(24)13-14-23(19,6)22(21)12-9-17(4)16(2)3;1-2/h10,16-18,20-22,24H,7-9,11-15H2,1-6H3;1-2H3. The van der Waals surface area contributed by atoms with Crippen molar-refractivity contribution < 1.29 is 5.11 Å². The molecule has 0 saturated heterocycles. The van der Waals surface area contributed by atoms with Crippen LogP contribution in [-0.2, 0) is 0 Å². The summed E-state index contributed by atoms with van der Waals surface area (Å²) in [7, 11) is 0. The molecule has 0 aromatic rings. The Morgan fingerprint density at radius 1 is 1.15 bits per heavy atom. The highest BCUT2D eigenvalue weighted by Crippen LogP contribution is 2.56. The maximum absolute atomic E-state index is 10.2. The Balaban J connectivity index is 0.00000163. The lowest BCUT2D eigenvalue weighted by atomic mass is 9.53. The molecule has 1 nitrogen and oxygen atoms in total. The molecule has 0 spiro atoms. The van der Waals surface area contributed by atoms with Gasteiger partial charge in [0, 0.05) is 0 Å². The lowest BCUT2D eigenvalue weighted by molar-refractivity contribution is 0.0265. The Labute approximate surface area is 165 Å². The van der Waals surface area contributed by atoms with E-state index in [0.29, 0.717) is 5.41 Å². The molecule has 1 N–H and O–H groups in total. The number of aliphatic hydroxyl groups excluding tert-OH is 1. The smallest absolute Gasteiger partial charge is 0.0577 e. The van der Waals surface area contributed by atoms with Crippen molar-refractivity contribution in [3.8, 4) is 0 Å². The summed E-state index contributed by atoms with van der Waals surface area (Å²) in [5, 5.41) is 10.2. The average molecular weight is 365 g/mol. The van der Waals surface area contributed by atoms with Gasteiger partial charge in [0.25, 0.3) is 0 Å². The third-order valence-electron chi connectivity index (χ3n) is 7.70. The summed E-state index contributed by atoms with van der Waals surface area (Å²) in [6.45, 7) is 18.5. The second kappa shape index (κ2) is 10.9. The van der Waals surface area contributed by atoms with Crippen molar-refractivity contribution in [2.75, 3.05) is 0 Å². The lowest BCUT2D eigenvalue weighted by Gasteiger charge is -2.52. The average Bonchev–Trinajstić information content (AvgIpc) is 2.61. The molecular weight excluding hydrogens is 316 g/mol. The molecule has 0 aromatic carbocycles. The number of allylic oxidation sites excluding steroid dienone is 1. The van der Waals surface area contributed by atoms with Crippen LogP contribution in [0.4, 0.5) is 0 Å². The fourth-order valence-corrected chi connectivity index (χ4v) is 5.48. The summed E-state index contributed by atoms with van der Waals surface area (Å²) in [5.41, 5.74) is 1.93. The number of fused-ring (bicyclic) bond motifs is 1. The zero-order chi connectivity index (χ0) is 19.9. The maximum Gasteiger partial charge on any atom is 0.0577 e. The van der Waals surface area contributed by atoms with Gasteiger partial charge in [0.2, 0.25) is 0 Å². The summed E-state index contributed by atoms with van der Waals surface area (Å²) in [6.07, 6.45) is 12.2. The van der Waals surface area contributed by atoms with Gasteiger partial charge >= 0.3 is 0 Å². The van der Waals surface area contributed by atoms with Crippen LogP contribution in [0.1, 0.15) is 107 Å². The molecule has 154 valence electrons. The largest absolute Gasteiger partial charge is 0.393 e. The van der Waals surface area contributed by atoms with Crippen molar-refractivity contribution in [2.45, 2.75) is 113 Å². The lowest BCUT2D eigenvalue weighted by Crippen LogP contribution is -2.44. The zero-order valence-corrected chi connectivity index (χ0v) is 19.1. The molecule has 0 heterocycles. The van der Waals surface area contributed by atoms with Crippen molar-refractivity contribution in [2.24, 2.45) is 35.0 Å². The van der Waals surface area contributed by atoms with E-state index < -0.39 is 0 Å². The third-order valence-corrected chi connectivity index (χ3v) is 7.70. The Kier molecular flexibility index (Phi) is 9.94. The van der Waals surface area contributed by atoms with Crippen LogP contribution in [0.3, 0.4) is 0 Å². The van der Waals surface area contributed by atoms with E-state index in [-0.39, 0.29) is 6.10 Å². The molecule has 1 fully saturated rings. The minimum absolute atomic E-state index is 0.0934. The summed E-state index contributed by atoms with van der Waals surface area (Å²) in [6, 6.07) is 0. The molecule has 2 aliphatic rings. The van der Waals surface area contributed by atoms with Crippen LogP contribution in [0, 0.1) is 35.0 Å². The number of rotatable bonds is 7. The molecule has 0 bridgehead atoms. The second-order valence-corrected chi connectivity index (χ2v) is 9.61. The van der Waals surface area contributed by atoms with Gasteiger partial charge in [-0.05, 0) is 67.1 Å². The van der Waals surface area contributed by atoms with Gasteiger partial charge in [-0.1, -0.05) is 86.3 Å². The first-order valence-electron chi connectivity index (χ1n) is 11.7. The number of hydrogen-bond donors (Lipinski definition) is 1. The van der Waals surface area contributed by atoms with Crippen LogP contribution in [0.15, 0.2) is 11.6 Å². The quantitative estimate of drug-likeness (QED) is 0.460. The molecule has 0 aromatic heterocycles. The summed E-state index contributed by atoms with van der Waals surface area (Å²) < 4.78 is 0. The predicted octanol–water partition coefficient (Wildman–Crippen LogP) is 7.63. The van der Waals surface area contributed by atoms with E-state index in [9.17, 15) is 5.11 Å². The molecule has 0 aliphatic heterocycles.